The Hall–Kier alpha value is -1.77. The lowest BCUT2D eigenvalue weighted by Gasteiger charge is -2.23. The molecule has 0 bridgehead atoms. The van der Waals surface area contributed by atoms with Gasteiger partial charge in [-0.25, -0.2) is 4.98 Å². The minimum Gasteiger partial charge on any atom is -0.326 e. The first-order chi connectivity index (χ1) is 10.7. The summed E-state index contributed by atoms with van der Waals surface area (Å²) in [5.74, 6) is 0. The van der Waals surface area contributed by atoms with Crippen LogP contribution in [0.25, 0.3) is 0 Å². The van der Waals surface area contributed by atoms with E-state index in [1.165, 1.54) is 16.7 Å². The predicted octanol–water partition coefficient (Wildman–Crippen LogP) is 4.93. The van der Waals surface area contributed by atoms with E-state index < -0.39 is 0 Å². The van der Waals surface area contributed by atoms with Crippen molar-refractivity contribution in [3.05, 3.63) is 87.4 Å². The minimum atomic E-state index is 0.0426. The highest BCUT2D eigenvalue weighted by atomic mass is 35.5. The standard InChI is InChI=1S/C18H14Cl2N2/c19-14-9-13-6-5-12-3-1-2-4-15(12)18(17(13)16(20)10-14)22-8-7-21-11-22/h1-4,7-11,18H,5-6H2/t18-/m0/s1. The molecule has 2 nitrogen and oxygen atoms in total. The van der Waals surface area contributed by atoms with Gasteiger partial charge in [-0.2, -0.15) is 0 Å². The highest BCUT2D eigenvalue weighted by Gasteiger charge is 2.27. The van der Waals surface area contributed by atoms with Gasteiger partial charge in [-0.3, -0.25) is 0 Å². The van der Waals surface area contributed by atoms with Crippen LogP contribution in [0.1, 0.15) is 28.3 Å². The molecule has 1 aliphatic carbocycles. The summed E-state index contributed by atoms with van der Waals surface area (Å²) in [6, 6.07) is 12.5. The number of hydrogen-bond donors (Lipinski definition) is 0. The van der Waals surface area contributed by atoms with Crippen molar-refractivity contribution in [2.45, 2.75) is 18.9 Å². The SMILES string of the molecule is Clc1cc(Cl)c2c(c1)CCc1ccccc1[C@@H]2n1ccnc1. The number of nitrogens with zero attached hydrogens (tertiary/aromatic N) is 2. The maximum Gasteiger partial charge on any atom is 0.0954 e. The summed E-state index contributed by atoms with van der Waals surface area (Å²) in [7, 11) is 0. The molecule has 1 heterocycles. The lowest BCUT2D eigenvalue weighted by atomic mass is 9.94. The van der Waals surface area contributed by atoms with E-state index in [9.17, 15) is 0 Å². The zero-order valence-corrected chi connectivity index (χ0v) is 13.3. The summed E-state index contributed by atoms with van der Waals surface area (Å²) in [6.45, 7) is 0. The maximum absolute atomic E-state index is 6.58. The molecule has 0 fully saturated rings. The number of halogens is 2. The van der Waals surface area contributed by atoms with Crippen LogP contribution >= 0.6 is 23.2 Å². The molecule has 0 N–H and O–H groups in total. The lowest BCUT2D eigenvalue weighted by molar-refractivity contribution is 0.673. The van der Waals surface area contributed by atoms with Crippen LogP contribution in [-0.2, 0) is 12.8 Å². The molecule has 0 unspecified atom stereocenters. The second-order valence-electron chi connectivity index (χ2n) is 5.57. The third kappa shape index (κ3) is 2.23. The second kappa shape index (κ2) is 5.45. The summed E-state index contributed by atoms with van der Waals surface area (Å²) in [6.07, 6.45) is 7.57. The summed E-state index contributed by atoms with van der Waals surface area (Å²) >= 11 is 12.8. The van der Waals surface area contributed by atoms with Gasteiger partial charge in [-0.15, -0.1) is 0 Å². The van der Waals surface area contributed by atoms with Crippen molar-refractivity contribution in [3.63, 3.8) is 0 Å². The molecule has 110 valence electrons. The first kappa shape index (κ1) is 13.9. The Kier molecular flexibility index (Phi) is 3.44. The Morgan fingerprint density at radius 1 is 1.05 bits per heavy atom. The van der Waals surface area contributed by atoms with E-state index in [1.807, 2.05) is 24.7 Å². The Balaban J connectivity index is 2.03. The molecule has 1 aliphatic rings. The molecule has 0 amide bonds. The van der Waals surface area contributed by atoms with Crippen LogP contribution in [0.2, 0.25) is 10.0 Å². The van der Waals surface area contributed by atoms with Gasteiger partial charge in [-0.1, -0.05) is 47.5 Å². The van der Waals surface area contributed by atoms with Gasteiger partial charge in [0.2, 0.25) is 0 Å². The molecule has 0 saturated heterocycles. The summed E-state index contributed by atoms with van der Waals surface area (Å²) in [5, 5.41) is 1.41. The number of imidazole rings is 1. The number of hydrogen-bond acceptors (Lipinski definition) is 1. The third-order valence-electron chi connectivity index (χ3n) is 4.29. The fourth-order valence-electron chi connectivity index (χ4n) is 3.34. The molecular weight excluding hydrogens is 315 g/mol. The first-order valence-electron chi connectivity index (χ1n) is 7.27. The molecule has 1 atom stereocenters. The van der Waals surface area contributed by atoms with Crippen molar-refractivity contribution < 1.29 is 0 Å². The van der Waals surface area contributed by atoms with E-state index in [0.29, 0.717) is 5.02 Å². The van der Waals surface area contributed by atoms with Gasteiger partial charge in [-0.05, 0) is 41.7 Å². The van der Waals surface area contributed by atoms with Crippen LogP contribution in [0.3, 0.4) is 0 Å². The van der Waals surface area contributed by atoms with Gasteiger partial charge < -0.3 is 4.57 Å². The molecule has 4 heteroatoms. The quantitative estimate of drug-likeness (QED) is 0.619. The number of benzene rings is 2. The van der Waals surface area contributed by atoms with Crippen LogP contribution in [0.15, 0.2) is 55.1 Å². The van der Waals surface area contributed by atoms with E-state index in [-0.39, 0.29) is 6.04 Å². The van der Waals surface area contributed by atoms with Gasteiger partial charge in [0, 0.05) is 28.0 Å². The molecule has 1 aromatic heterocycles. The third-order valence-corrected chi connectivity index (χ3v) is 4.82. The predicted molar refractivity (Wildman–Crippen MR) is 89.8 cm³/mol. The molecule has 0 saturated carbocycles. The highest BCUT2D eigenvalue weighted by Crippen LogP contribution is 2.40. The zero-order chi connectivity index (χ0) is 15.1. The van der Waals surface area contributed by atoms with Crippen molar-refractivity contribution in [1.29, 1.82) is 0 Å². The fourth-order valence-corrected chi connectivity index (χ4v) is 3.98. The van der Waals surface area contributed by atoms with Crippen molar-refractivity contribution in [2.75, 3.05) is 0 Å². The second-order valence-corrected chi connectivity index (χ2v) is 6.42. The van der Waals surface area contributed by atoms with Crippen LogP contribution in [0, 0.1) is 0 Å². The molecule has 0 aliphatic heterocycles. The molecule has 0 radical (unpaired) electrons. The zero-order valence-electron chi connectivity index (χ0n) is 11.8. The summed E-state index contributed by atoms with van der Waals surface area (Å²) in [5.41, 5.74) is 4.98. The number of rotatable bonds is 1. The number of aromatic nitrogens is 2. The van der Waals surface area contributed by atoms with Crippen LogP contribution in [0.5, 0.6) is 0 Å². The first-order valence-corrected chi connectivity index (χ1v) is 8.02. The van der Waals surface area contributed by atoms with Gasteiger partial charge in [0.1, 0.15) is 0 Å². The normalized spacial score (nSPS) is 16.7. The Bertz CT molecular complexity index is 825. The lowest BCUT2D eigenvalue weighted by Crippen LogP contribution is -2.13. The average Bonchev–Trinajstić information content (AvgIpc) is 2.97. The van der Waals surface area contributed by atoms with Crippen molar-refractivity contribution >= 4 is 23.2 Å². The number of fused-ring (bicyclic) bond motifs is 2. The van der Waals surface area contributed by atoms with E-state index in [2.05, 4.69) is 33.8 Å². The maximum atomic E-state index is 6.58. The fraction of sp³-hybridized carbons (Fsp3) is 0.167. The van der Waals surface area contributed by atoms with E-state index >= 15 is 0 Å². The molecule has 3 aromatic rings. The monoisotopic (exact) mass is 328 g/mol. The van der Waals surface area contributed by atoms with Gasteiger partial charge in [0.25, 0.3) is 0 Å². The van der Waals surface area contributed by atoms with Crippen LogP contribution in [-0.4, -0.2) is 9.55 Å². The van der Waals surface area contributed by atoms with E-state index in [0.717, 1.165) is 23.4 Å². The topological polar surface area (TPSA) is 17.8 Å². The van der Waals surface area contributed by atoms with Crippen molar-refractivity contribution in [1.82, 2.24) is 9.55 Å². The highest BCUT2D eigenvalue weighted by molar-refractivity contribution is 6.35. The summed E-state index contributed by atoms with van der Waals surface area (Å²) < 4.78 is 2.11. The summed E-state index contributed by atoms with van der Waals surface area (Å²) in [4.78, 5) is 4.21. The number of aryl methyl sites for hydroxylation is 2. The molecule has 22 heavy (non-hydrogen) atoms. The molecular formula is C18H14Cl2N2. The largest absolute Gasteiger partial charge is 0.326 e. The molecule has 0 spiro atoms. The average molecular weight is 329 g/mol. The van der Waals surface area contributed by atoms with Gasteiger partial charge >= 0.3 is 0 Å². The Labute approximate surface area is 139 Å². The smallest absolute Gasteiger partial charge is 0.0954 e. The van der Waals surface area contributed by atoms with Crippen molar-refractivity contribution in [2.24, 2.45) is 0 Å². The molecule has 4 rings (SSSR count). The van der Waals surface area contributed by atoms with E-state index in [4.69, 9.17) is 23.2 Å². The van der Waals surface area contributed by atoms with Gasteiger partial charge in [0.05, 0.1) is 12.4 Å². The minimum absolute atomic E-state index is 0.0426. The van der Waals surface area contributed by atoms with Crippen LogP contribution in [0.4, 0.5) is 0 Å². The van der Waals surface area contributed by atoms with E-state index in [1.54, 1.807) is 6.20 Å². The molecule has 2 aromatic carbocycles. The Morgan fingerprint density at radius 2 is 1.86 bits per heavy atom. The Morgan fingerprint density at radius 3 is 2.68 bits per heavy atom. The van der Waals surface area contributed by atoms with Gasteiger partial charge in [0.15, 0.2) is 0 Å². The van der Waals surface area contributed by atoms with Crippen LogP contribution < -0.4 is 0 Å². The van der Waals surface area contributed by atoms with Crippen molar-refractivity contribution in [3.8, 4) is 0 Å².